The van der Waals surface area contributed by atoms with Crippen LogP contribution >= 0.6 is 0 Å². The molecule has 0 bridgehead atoms. The molecule has 1 aromatic rings. The molecule has 1 aromatic heterocycles. The highest BCUT2D eigenvalue weighted by atomic mass is 16.5. The van der Waals surface area contributed by atoms with Gasteiger partial charge < -0.3 is 25.5 Å². The maximum Gasteiger partial charge on any atom is 0.276 e. The molecule has 0 aliphatic rings. The smallest absolute Gasteiger partial charge is 0.276 e. The summed E-state index contributed by atoms with van der Waals surface area (Å²) in [5.74, 6) is 0.430. The molecule has 0 spiro atoms. The summed E-state index contributed by atoms with van der Waals surface area (Å²) in [4.78, 5) is 17.5. The van der Waals surface area contributed by atoms with E-state index in [2.05, 4.69) is 15.3 Å². The Morgan fingerprint density at radius 3 is 3.00 bits per heavy atom. The molecule has 0 saturated carbocycles. The Kier molecular flexibility index (Phi) is 6.82. The minimum atomic E-state index is -0.324. The molecule has 0 fully saturated rings. The number of nitrogens with one attached hydrogen (secondary N) is 2. The van der Waals surface area contributed by atoms with Crippen molar-refractivity contribution in [1.29, 1.82) is 0 Å². The molecule has 0 radical (unpaired) electrons. The van der Waals surface area contributed by atoms with Crippen molar-refractivity contribution in [2.45, 2.75) is 12.8 Å². The summed E-state index contributed by atoms with van der Waals surface area (Å²) >= 11 is 0. The molecule has 0 aliphatic heterocycles. The van der Waals surface area contributed by atoms with Crippen LogP contribution in [-0.4, -0.2) is 43.4 Å². The number of nitrogen functional groups attached to an aromatic ring is 1. The first-order valence-electron chi connectivity index (χ1n) is 5.89. The lowest BCUT2D eigenvalue weighted by molar-refractivity contribution is 0.0691. The number of aromatic nitrogens is 2. The highest BCUT2D eigenvalue weighted by Crippen LogP contribution is 2.07. The van der Waals surface area contributed by atoms with Gasteiger partial charge in [-0.05, 0) is 12.8 Å². The molecule has 102 valence electrons. The number of anilines is 2. The van der Waals surface area contributed by atoms with Crippen LogP contribution in [0.1, 0.15) is 12.8 Å². The van der Waals surface area contributed by atoms with Crippen molar-refractivity contribution in [3.8, 4) is 0 Å². The zero-order valence-corrected chi connectivity index (χ0v) is 10.6. The monoisotopic (exact) mass is 256 g/mol. The Hall–Kier alpha value is -1.60. The van der Waals surface area contributed by atoms with Gasteiger partial charge in [0, 0.05) is 20.3 Å². The molecule has 0 amide bonds. The van der Waals surface area contributed by atoms with E-state index in [1.54, 1.807) is 7.11 Å². The fourth-order valence-electron chi connectivity index (χ4n) is 1.33. The fourth-order valence-corrected chi connectivity index (χ4v) is 1.33. The molecule has 0 aromatic carbocycles. The Morgan fingerprint density at radius 2 is 2.22 bits per heavy atom. The third-order valence-corrected chi connectivity index (χ3v) is 2.33. The van der Waals surface area contributed by atoms with Crippen molar-refractivity contribution in [2.75, 3.05) is 44.5 Å². The topological polar surface area (TPSA) is 102 Å². The number of unbranched alkanes of at least 4 members (excludes halogenated alkanes) is 1. The van der Waals surface area contributed by atoms with Crippen molar-refractivity contribution in [2.24, 2.45) is 0 Å². The summed E-state index contributed by atoms with van der Waals surface area (Å²) in [5.41, 5.74) is 5.37. The molecular weight excluding hydrogens is 236 g/mol. The van der Waals surface area contributed by atoms with Gasteiger partial charge in [0.15, 0.2) is 5.82 Å². The summed E-state index contributed by atoms with van der Waals surface area (Å²) in [6.45, 7) is 2.63. The van der Waals surface area contributed by atoms with Gasteiger partial charge in [0.25, 0.3) is 5.56 Å². The zero-order chi connectivity index (χ0) is 13.2. The van der Waals surface area contributed by atoms with Gasteiger partial charge in [0.1, 0.15) is 5.69 Å². The first kappa shape index (κ1) is 14.5. The highest BCUT2D eigenvalue weighted by Gasteiger charge is 2.02. The van der Waals surface area contributed by atoms with E-state index in [0.717, 1.165) is 12.8 Å². The number of nitrogens with two attached hydrogens (primary N) is 1. The summed E-state index contributed by atoms with van der Waals surface area (Å²) < 4.78 is 10.2. The van der Waals surface area contributed by atoms with Crippen molar-refractivity contribution in [3.63, 3.8) is 0 Å². The maximum atomic E-state index is 11.2. The minimum absolute atomic E-state index is 0.119. The van der Waals surface area contributed by atoms with E-state index in [4.69, 9.17) is 15.2 Å². The third kappa shape index (κ3) is 5.15. The molecule has 18 heavy (non-hydrogen) atoms. The normalized spacial score (nSPS) is 10.5. The number of H-pyrrole nitrogens is 1. The third-order valence-electron chi connectivity index (χ3n) is 2.33. The molecule has 1 heterocycles. The number of rotatable bonds is 9. The zero-order valence-electron chi connectivity index (χ0n) is 10.6. The lowest BCUT2D eigenvalue weighted by Gasteiger charge is -2.07. The Labute approximate surface area is 106 Å². The Balaban J connectivity index is 2.11. The predicted octanol–water partition coefficient (Wildman–Crippen LogP) is 0.207. The lowest BCUT2D eigenvalue weighted by Crippen LogP contribution is -2.16. The van der Waals surface area contributed by atoms with Gasteiger partial charge in [0.2, 0.25) is 0 Å². The van der Waals surface area contributed by atoms with Crippen molar-refractivity contribution in [1.82, 2.24) is 9.97 Å². The second kappa shape index (κ2) is 8.48. The van der Waals surface area contributed by atoms with Gasteiger partial charge in [-0.2, -0.15) is 0 Å². The van der Waals surface area contributed by atoms with Crippen LogP contribution in [0.25, 0.3) is 0 Å². The van der Waals surface area contributed by atoms with Gasteiger partial charge in [-0.25, -0.2) is 4.98 Å². The van der Waals surface area contributed by atoms with Gasteiger partial charge in [0.05, 0.1) is 19.5 Å². The molecule has 0 aliphatic carbocycles. The lowest BCUT2D eigenvalue weighted by atomic mass is 10.3. The van der Waals surface area contributed by atoms with E-state index in [-0.39, 0.29) is 11.2 Å². The maximum absolute atomic E-state index is 11.2. The molecular formula is C11H20N4O3. The molecule has 0 unspecified atom stereocenters. The SMILES string of the molecule is COCCOCCCCNc1nc[nH]c(=O)c1N. The number of nitrogens with zero attached hydrogens (tertiary/aromatic N) is 1. The Bertz CT molecular complexity index is 394. The average Bonchev–Trinajstić information content (AvgIpc) is 2.37. The van der Waals surface area contributed by atoms with E-state index in [1.807, 2.05) is 0 Å². The summed E-state index contributed by atoms with van der Waals surface area (Å²) in [6, 6.07) is 0. The molecule has 7 nitrogen and oxygen atoms in total. The number of hydrogen-bond donors (Lipinski definition) is 3. The Morgan fingerprint density at radius 1 is 1.39 bits per heavy atom. The summed E-state index contributed by atoms with van der Waals surface area (Å²) in [5, 5.41) is 3.02. The summed E-state index contributed by atoms with van der Waals surface area (Å²) in [7, 11) is 1.65. The van der Waals surface area contributed by atoms with E-state index in [9.17, 15) is 4.79 Å². The van der Waals surface area contributed by atoms with Crippen molar-refractivity contribution < 1.29 is 9.47 Å². The van der Waals surface area contributed by atoms with Crippen molar-refractivity contribution in [3.05, 3.63) is 16.7 Å². The average molecular weight is 256 g/mol. The van der Waals surface area contributed by atoms with Crippen molar-refractivity contribution >= 4 is 11.5 Å². The largest absolute Gasteiger partial charge is 0.391 e. The summed E-state index contributed by atoms with van der Waals surface area (Å²) in [6.07, 6.45) is 3.18. The van der Waals surface area contributed by atoms with E-state index in [1.165, 1.54) is 6.33 Å². The second-order valence-electron chi connectivity index (χ2n) is 3.73. The predicted molar refractivity (Wildman–Crippen MR) is 69.7 cm³/mol. The van der Waals surface area contributed by atoms with Crippen LogP contribution in [0.5, 0.6) is 0 Å². The molecule has 0 atom stereocenters. The van der Waals surface area contributed by atoms with Crippen LogP contribution in [0, 0.1) is 0 Å². The van der Waals surface area contributed by atoms with E-state index in [0.29, 0.717) is 32.2 Å². The van der Waals surface area contributed by atoms with E-state index < -0.39 is 0 Å². The second-order valence-corrected chi connectivity index (χ2v) is 3.73. The van der Waals surface area contributed by atoms with Gasteiger partial charge >= 0.3 is 0 Å². The number of hydrogen-bond acceptors (Lipinski definition) is 6. The quantitative estimate of drug-likeness (QED) is 0.546. The number of aromatic amines is 1. The fraction of sp³-hybridized carbons (Fsp3) is 0.636. The molecule has 4 N–H and O–H groups in total. The number of methoxy groups -OCH3 is 1. The molecule has 1 rings (SSSR count). The highest BCUT2D eigenvalue weighted by molar-refractivity contribution is 5.58. The molecule has 7 heteroatoms. The van der Waals surface area contributed by atoms with E-state index >= 15 is 0 Å². The van der Waals surface area contributed by atoms with Gasteiger partial charge in [-0.3, -0.25) is 4.79 Å². The minimum Gasteiger partial charge on any atom is -0.391 e. The first-order valence-corrected chi connectivity index (χ1v) is 5.89. The van der Waals surface area contributed by atoms with Crippen LogP contribution in [-0.2, 0) is 9.47 Å². The van der Waals surface area contributed by atoms with Gasteiger partial charge in [-0.15, -0.1) is 0 Å². The number of ether oxygens (including phenoxy) is 2. The van der Waals surface area contributed by atoms with Gasteiger partial charge in [-0.1, -0.05) is 0 Å². The van der Waals surface area contributed by atoms with Crippen LogP contribution in [0.3, 0.4) is 0 Å². The first-order chi connectivity index (χ1) is 8.75. The van der Waals surface area contributed by atoms with Crippen LogP contribution in [0.15, 0.2) is 11.1 Å². The van der Waals surface area contributed by atoms with Crippen LogP contribution in [0.4, 0.5) is 11.5 Å². The molecule has 0 saturated heterocycles. The standard InChI is InChI=1S/C11H20N4O3/c1-17-6-7-18-5-3-2-4-13-10-9(12)11(16)15-8-14-10/h8H,2-7,12H2,1H3,(H2,13,14,15,16). The van der Waals surface area contributed by atoms with Crippen LogP contribution in [0.2, 0.25) is 0 Å². The van der Waals surface area contributed by atoms with Crippen LogP contribution < -0.4 is 16.6 Å².